The third-order valence-electron chi connectivity index (χ3n) is 3.75. The van der Waals surface area contributed by atoms with Gasteiger partial charge in [-0.05, 0) is 12.1 Å². The van der Waals surface area contributed by atoms with Gasteiger partial charge in [-0.15, -0.1) is 0 Å². The van der Waals surface area contributed by atoms with Crippen molar-refractivity contribution < 1.29 is 24.2 Å². The van der Waals surface area contributed by atoms with Gasteiger partial charge in [-0.1, -0.05) is 0 Å². The Balaban J connectivity index is 1.52. The predicted octanol–water partition coefficient (Wildman–Crippen LogP) is -0.215. The zero-order valence-electron chi connectivity index (χ0n) is 12.4. The smallest absolute Gasteiger partial charge is 0.404 e. The molecule has 1 aromatic heterocycles. The van der Waals surface area contributed by atoms with Crippen molar-refractivity contribution in [1.29, 1.82) is 0 Å². The average molecular weight is 322 g/mol. The number of ether oxygens (including phenoxy) is 2. The minimum Gasteiger partial charge on any atom is -0.480 e. The van der Waals surface area contributed by atoms with Crippen LogP contribution in [0.3, 0.4) is 0 Å². The van der Waals surface area contributed by atoms with Crippen molar-refractivity contribution in [2.24, 2.45) is 5.92 Å². The van der Waals surface area contributed by atoms with Gasteiger partial charge < -0.3 is 30.5 Å². The Labute approximate surface area is 132 Å². The molecule has 3 rings (SSSR count). The molecule has 1 fully saturated rings. The average Bonchev–Trinajstić information content (AvgIpc) is 2.93. The molecule has 3 heterocycles. The standard InChI is InChI=1S/C14H18N4O5/c19-12-7-23-11-2-1-9(16-13(11)18-12)4-15-3-8-5-22-6-10(8)17-14(20)21/h1-2,8,10,15,17H,3-7H2,(H,20,21)(H,16,18,19)/t8-,10-/m1/s1. The molecular formula is C14H18N4O5. The second kappa shape index (κ2) is 6.80. The Morgan fingerprint density at radius 2 is 2.30 bits per heavy atom. The van der Waals surface area contributed by atoms with E-state index in [0.29, 0.717) is 37.9 Å². The number of hydrogen-bond donors (Lipinski definition) is 4. The van der Waals surface area contributed by atoms with Crippen LogP contribution in [-0.4, -0.2) is 54.5 Å². The molecule has 2 atom stereocenters. The Morgan fingerprint density at radius 3 is 3.13 bits per heavy atom. The topological polar surface area (TPSA) is 122 Å². The summed E-state index contributed by atoms with van der Waals surface area (Å²) in [5, 5.41) is 17.1. The van der Waals surface area contributed by atoms with Gasteiger partial charge in [-0.2, -0.15) is 0 Å². The van der Waals surface area contributed by atoms with Crippen molar-refractivity contribution >= 4 is 17.8 Å². The molecule has 9 heteroatoms. The van der Waals surface area contributed by atoms with E-state index in [-0.39, 0.29) is 24.5 Å². The summed E-state index contributed by atoms with van der Waals surface area (Å²) in [4.78, 5) is 26.3. The van der Waals surface area contributed by atoms with Crippen LogP contribution in [0.15, 0.2) is 12.1 Å². The van der Waals surface area contributed by atoms with E-state index in [1.54, 1.807) is 6.07 Å². The number of fused-ring (bicyclic) bond motifs is 1. The summed E-state index contributed by atoms with van der Waals surface area (Å²) in [5.41, 5.74) is 0.760. The monoisotopic (exact) mass is 322 g/mol. The summed E-state index contributed by atoms with van der Waals surface area (Å²) in [6.07, 6.45) is -1.04. The number of carboxylic acid groups (broad SMARTS) is 1. The molecule has 1 saturated heterocycles. The van der Waals surface area contributed by atoms with E-state index >= 15 is 0 Å². The number of nitrogens with zero attached hydrogens (tertiary/aromatic N) is 1. The van der Waals surface area contributed by atoms with Crippen molar-refractivity contribution in [1.82, 2.24) is 15.6 Å². The van der Waals surface area contributed by atoms with E-state index in [0.717, 1.165) is 5.69 Å². The summed E-state index contributed by atoms with van der Waals surface area (Å²) < 4.78 is 10.6. The Morgan fingerprint density at radius 1 is 1.43 bits per heavy atom. The van der Waals surface area contributed by atoms with E-state index in [4.69, 9.17) is 14.6 Å². The Kier molecular flexibility index (Phi) is 4.58. The summed E-state index contributed by atoms with van der Waals surface area (Å²) in [5.74, 6) is 0.839. The van der Waals surface area contributed by atoms with Crippen LogP contribution in [0.2, 0.25) is 0 Å². The summed E-state index contributed by atoms with van der Waals surface area (Å²) in [6.45, 7) is 2.01. The maximum Gasteiger partial charge on any atom is 0.404 e. The number of hydrogen-bond acceptors (Lipinski definition) is 6. The minimum atomic E-state index is -1.04. The van der Waals surface area contributed by atoms with Crippen LogP contribution in [0.5, 0.6) is 5.75 Å². The third-order valence-corrected chi connectivity index (χ3v) is 3.75. The van der Waals surface area contributed by atoms with Crippen LogP contribution in [0.1, 0.15) is 5.69 Å². The molecule has 0 spiro atoms. The maximum absolute atomic E-state index is 11.3. The molecule has 2 amide bonds. The molecule has 0 saturated carbocycles. The molecule has 2 aliphatic heterocycles. The summed E-state index contributed by atoms with van der Waals surface area (Å²) >= 11 is 0. The molecule has 2 aliphatic rings. The number of rotatable bonds is 5. The number of carbonyl (C=O) groups excluding carboxylic acids is 1. The summed E-state index contributed by atoms with van der Waals surface area (Å²) in [7, 11) is 0. The highest BCUT2D eigenvalue weighted by atomic mass is 16.5. The molecule has 9 nitrogen and oxygen atoms in total. The maximum atomic E-state index is 11.3. The van der Waals surface area contributed by atoms with Gasteiger partial charge in [0.05, 0.1) is 24.9 Å². The SMILES string of the molecule is O=C(O)N[C@@H]1COC[C@H]1CNCc1ccc2c(n1)NC(=O)CO2. The van der Waals surface area contributed by atoms with Gasteiger partial charge in [-0.25, -0.2) is 9.78 Å². The van der Waals surface area contributed by atoms with Crippen molar-refractivity contribution in [2.75, 3.05) is 31.7 Å². The largest absolute Gasteiger partial charge is 0.480 e. The lowest BCUT2D eigenvalue weighted by Gasteiger charge is -2.19. The zero-order chi connectivity index (χ0) is 16.2. The molecule has 1 aromatic rings. The molecule has 0 aliphatic carbocycles. The molecule has 0 radical (unpaired) electrons. The quantitative estimate of drug-likeness (QED) is 0.591. The second-order valence-corrected chi connectivity index (χ2v) is 5.47. The van der Waals surface area contributed by atoms with Crippen LogP contribution >= 0.6 is 0 Å². The first-order chi connectivity index (χ1) is 11.1. The van der Waals surface area contributed by atoms with Crippen LogP contribution in [0.4, 0.5) is 10.6 Å². The fourth-order valence-electron chi connectivity index (χ4n) is 2.61. The molecule has 0 unspecified atom stereocenters. The van der Waals surface area contributed by atoms with Crippen molar-refractivity contribution in [2.45, 2.75) is 12.6 Å². The number of amides is 2. The lowest BCUT2D eigenvalue weighted by Crippen LogP contribution is -2.42. The van der Waals surface area contributed by atoms with Crippen LogP contribution in [-0.2, 0) is 16.1 Å². The number of carbonyl (C=O) groups is 2. The molecule has 124 valence electrons. The number of nitrogens with one attached hydrogen (secondary N) is 3. The first kappa shape index (κ1) is 15.5. The van der Waals surface area contributed by atoms with E-state index in [1.165, 1.54) is 0 Å². The lowest BCUT2D eigenvalue weighted by atomic mass is 10.0. The first-order valence-corrected chi connectivity index (χ1v) is 7.32. The zero-order valence-corrected chi connectivity index (χ0v) is 12.4. The van der Waals surface area contributed by atoms with Crippen molar-refractivity contribution in [3.05, 3.63) is 17.8 Å². The molecule has 0 aromatic carbocycles. The highest BCUT2D eigenvalue weighted by molar-refractivity contribution is 5.94. The number of aromatic nitrogens is 1. The normalized spacial score (nSPS) is 22.9. The van der Waals surface area contributed by atoms with E-state index in [1.807, 2.05) is 6.07 Å². The Bertz CT molecular complexity index is 609. The van der Waals surface area contributed by atoms with Gasteiger partial charge in [0.2, 0.25) is 0 Å². The van der Waals surface area contributed by atoms with Gasteiger partial charge >= 0.3 is 6.09 Å². The molecule has 23 heavy (non-hydrogen) atoms. The van der Waals surface area contributed by atoms with Crippen LogP contribution in [0, 0.1) is 5.92 Å². The minimum absolute atomic E-state index is 0.00588. The van der Waals surface area contributed by atoms with Gasteiger partial charge in [0, 0.05) is 19.0 Å². The third kappa shape index (κ3) is 3.88. The highest BCUT2D eigenvalue weighted by Gasteiger charge is 2.29. The molecule has 0 bridgehead atoms. The van der Waals surface area contributed by atoms with Crippen LogP contribution in [0.25, 0.3) is 0 Å². The van der Waals surface area contributed by atoms with Gasteiger partial charge in [0.15, 0.2) is 18.2 Å². The lowest BCUT2D eigenvalue weighted by molar-refractivity contribution is -0.118. The van der Waals surface area contributed by atoms with Gasteiger partial charge in [0.25, 0.3) is 5.91 Å². The predicted molar refractivity (Wildman–Crippen MR) is 79.3 cm³/mol. The van der Waals surface area contributed by atoms with Gasteiger partial charge in [-0.3, -0.25) is 4.79 Å². The summed E-state index contributed by atoms with van der Waals surface area (Å²) in [6, 6.07) is 3.39. The van der Waals surface area contributed by atoms with E-state index < -0.39 is 6.09 Å². The first-order valence-electron chi connectivity index (χ1n) is 7.32. The van der Waals surface area contributed by atoms with Crippen molar-refractivity contribution in [3.8, 4) is 5.75 Å². The fraction of sp³-hybridized carbons (Fsp3) is 0.500. The van der Waals surface area contributed by atoms with E-state index in [9.17, 15) is 9.59 Å². The second-order valence-electron chi connectivity index (χ2n) is 5.47. The highest BCUT2D eigenvalue weighted by Crippen LogP contribution is 2.25. The van der Waals surface area contributed by atoms with E-state index in [2.05, 4.69) is 20.9 Å². The fourth-order valence-corrected chi connectivity index (χ4v) is 2.61. The van der Waals surface area contributed by atoms with Gasteiger partial charge in [0.1, 0.15) is 0 Å². The Hall–Kier alpha value is -2.39. The molecular weight excluding hydrogens is 304 g/mol. The van der Waals surface area contributed by atoms with Crippen LogP contribution < -0.4 is 20.7 Å². The van der Waals surface area contributed by atoms with Crippen molar-refractivity contribution in [3.63, 3.8) is 0 Å². The number of anilines is 1. The number of pyridine rings is 1. The molecule has 4 N–H and O–H groups in total.